The zero-order chi connectivity index (χ0) is 11.4. The van der Waals surface area contributed by atoms with E-state index in [1.807, 2.05) is 0 Å². The van der Waals surface area contributed by atoms with Crippen LogP contribution < -0.4 is 5.32 Å². The summed E-state index contributed by atoms with van der Waals surface area (Å²) in [5.41, 5.74) is 3.66. The molecule has 1 aromatic carbocycles. The molecule has 0 bridgehead atoms. The molecule has 0 aliphatic carbocycles. The van der Waals surface area contributed by atoms with Crippen LogP contribution in [-0.4, -0.2) is 5.91 Å². The van der Waals surface area contributed by atoms with Gasteiger partial charge in [0.1, 0.15) is 0 Å². The van der Waals surface area contributed by atoms with Gasteiger partial charge < -0.3 is 5.32 Å². The molecule has 0 unspecified atom stereocenters. The fourth-order valence-corrected chi connectivity index (χ4v) is 2.15. The highest BCUT2D eigenvalue weighted by atomic mass is 16.1. The molecule has 1 N–H and O–H groups in total. The molecule has 86 valence electrons. The van der Waals surface area contributed by atoms with Crippen molar-refractivity contribution in [2.24, 2.45) is 0 Å². The molecule has 0 atom stereocenters. The molecule has 0 radical (unpaired) electrons. The van der Waals surface area contributed by atoms with Crippen LogP contribution in [0.25, 0.3) is 0 Å². The maximum Gasteiger partial charge on any atom is 0.224 e. The van der Waals surface area contributed by atoms with Crippen molar-refractivity contribution < 1.29 is 4.79 Å². The predicted molar refractivity (Wildman–Crippen MR) is 66.6 cm³/mol. The molecule has 0 aromatic heterocycles. The van der Waals surface area contributed by atoms with Gasteiger partial charge in [0.05, 0.1) is 0 Å². The van der Waals surface area contributed by atoms with Crippen LogP contribution in [0.2, 0.25) is 0 Å². The third kappa shape index (κ3) is 2.63. The molecule has 1 amide bonds. The first-order valence-electron chi connectivity index (χ1n) is 6.21. The lowest BCUT2D eigenvalue weighted by atomic mass is 10.0. The number of carbonyl (C=O) groups is 1. The molecule has 1 aliphatic heterocycles. The van der Waals surface area contributed by atoms with E-state index in [9.17, 15) is 4.79 Å². The van der Waals surface area contributed by atoms with E-state index in [1.165, 1.54) is 24.0 Å². The third-order valence-electron chi connectivity index (χ3n) is 3.12. The van der Waals surface area contributed by atoms with Crippen molar-refractivity contribution in [3.8, 4) is 0 Å². The van der Waals surface area contributed by atoms with E-state index in [1.54, 1.807) is 0 Å². The van der Waals surface area contributed by atoms with Crippen LogP contribution in [-0.2, 0) is 17.6 Å². The van der Waals surface area contributed by atoms with Gasteiger partial charge in [-0.2, -0.15) is 0 Å². The van der Waals surface area contributed by atoms with Crippen LogP contribution in [0, 0.1) is 0 Å². The van der Waals surface area contributed by atoms with Crippen molar-refractivity contribution >= 4 is 11.6 Å². The standard InChI is InChI=1S/C14H19NO/c1-2-3-5-11-8-9-12-6-4-7-14(16)15-13(12)10-11/h8-10H,2-7H2,1H3,(H,15,16). The summed E-state index contributed by atoms with van der Waals surface area (Å²) in [5.74, 6) is 0.159. The van der Waals surface area contributed by atoms with Gasteiger partial charge in [-0.25, -0.2) is 0 Å². The molecule has 1 aromatic rings. The fourth-order valence-electron chi connectivity index (χ4n) is 2.15. The smallest absolute Gasteiger partial charge is 0.224 e. The van der Waals surface area contributed by atoms with E-state index in [0.717, 1.165) is 24.9 Å². The van der Waals surface area contributed by atoms with E-state index in [0.29, 0.717) is 6.42 Å². The monoisotopic (exact) mass is 217 g/mol. The number of hydrogen-bond acceptors (Lipinski definition) is 1. The Morgan fingerprint density at radius 3 is 3.00 bits per heavy atom. The van der Waals surface area contributed by atoms with E-state index in [-0.39, 0.29) is 5.91 Å². The Balaban J connectivity index is 2.19. The average molecular weight is 217 g/mol. The Morgan fingerprint density at radius 1 is 1.31 bits per heavy atom. The van der Waals surface area contributed by atoms with Crippen LogP contribution >= 0.6 is 0 Å². The van der Waals surface area contributed by atoms with Gasteiger partial charge in [-0.15, -0.1) is 0 Å². The molecule has 0 fully saturated rings. The number of unbranched alkanes of at least 4 members (excludes halogenated alkanes) is 1. The molecule has 16 heavy (non-hydrogen) atoms. The highest BCUT2D eigenvalue weighted by molar-refractivity contribution is 5.92. The van der Waals surface area contributed by atoms with Crippen LogP contribution in [0.3, 0.4) is 0 Å². The molecule has 0 spiro atoms. The molecule has 2 heteroatoms. The first-order valence-corrected chi connectivity index (χ1v) is 6.21. The van der Waals surface area contributed by atoms with Crippen LogP contribution in [0.15, 0.2) is 18.2 Å². The minimum Gasteiger partial charge on any atom is -0.326 e. The lowest BCUT2D eigenvalue weighted by Gasteiger charge is -2.09. The lowest BCUT2D eigenvalue weighted by molar-refractivity contribution is -0.116. The quantitative estimate of drug-likeness (QED) is 0.827. The maximum atomic E-state index is 11.5. The Kier molecular flexibility index (Phi) is 3.60. The molecular formula is C14H19NO. The summed E-state index contributed by atoms with van der Waals surface area (Å²) in [5, 5.41) is 3.00. The Bertz CT molecular complexity index is 384. The highest BCUT2D eigenvalue weighted by Crippen LogP contribution is 2.24. The number of aryl methyl sites for hydroxylation is 2. The van der Waals surface area contributed by atoms with Crippen molar-refractivity contribution in [2.45, 2.75) is 45.4 Å². The molecule has 2 rings (SSSR count). The van der Waals surface area contributed by atoms with Gasteiger partial charge >= 0.3 is 0 Å². The second-order valence-corrected chi connectivity index (χ2v) is 4.50. The Morgan fingerprint density at radius 2 is 2.19 bits per heavy atom. The van der Waals surface area contributed by atoms with Crippen molar-refractivity contribution in [1.29, 1.82) is 0 Å². The van der Waals surface area contributed by atoms with Gasteiger partial charge in [0, 0.05) is 12.1 Å². The minimum absolute atomic E-state index is 0.159. The number of benzene rings is 1. The van der Waals surface area contributed by atoms with Gasteiger partial charge in [-0.1, -0.05) is 25.5 Å². The van der Waals surface area contributed by atoms with Crippen LogP contribution in [0.5, 0.6) is 0 Å². The second-order valence-electron chi connectivity index (χ2n) is 4.50. The van der Waals surface area contributed by atoms with E-state index < -0.39 is 0 Å². The molecule has 1 aliphatic rings. The summed E-state index contributed by atoms with van der Waals surface area (Å²) in [6, 6.07) is 6.52. The molecular weight excluding hydrogens is 198 g/mol. The van der Waals surface area contributed by atoms with E-state index in [4.69, 9.17) is 0 Å². The first-order chi connectivity index (χ1) is 7.79. The summed E-state index contributed by atoms with van der Waals surface area (Å²) in [6.07, 6.45) is 6.17. The molecule has 1 heterocycles. The van der Waals surface area contributed by atoms with E-state index in [2.05, 4.69) is 30.4 Å². The second kappa shape index (κ2) is 5.15. The zero-order valence-corrected chi connectivity index (χ0v) is 9.88. The van der Waals surface area contributed by atoms with Crippen molar-refractivity contribution in [2.75, 3.05) is 5.32 Å². The summed E-state index contributed by atoms with van der Waals surface area (Å²) < 4.78 is 0. The SMILES string of the molecule is CCCCc1ccc2c(c1)NC(=O)CCC2. The number of fused-ring (bicyclic) bond motifs is 1. The topological polar surface area (TPSA) is 29.1 Å². The molecule has 2 nitrogen and oxygen atoms in total. The number of nitrogens with one attached hydrogen (secondary N) is 1. The summed E-state index contributed by atoms with van der Waals surface area (Å²) in [7, 11) is 0. The normalized spacial score (nSPS) is 15.2. The Hall–Kier alpha value is -1.31. The van der Waals surface area contributed by atoms with Crippen molar-refractivity contribution in [3.05, 3.63) is 29.3 Å². The summed E-state index contributed by atoms with van der Waals surface area (Å²) >= 11 is 0. The highest BCUT2D eigenvalue weighted by Gasteiger charge is 2.12. The molecule has 0 saturated heterocycles. The number of carbonyl (C=O) groups excluding carboxylic acids is 1. The number of anilines is 1. The number of amides is 1. The van der Waals surface area contributed by atoms with Crippen molar-refractivity contribution in [3.63, 3.8) is 0 Å². The number of rotatable bonds is 3. The first kappa shape index (κ1) is 11.2. The lowest BCUT2D eigenvalue weighted by Crippen LogP contribution is -2.09. The molecule has 0 saturated carbocycles. The average Bonchev–Trinajstić information content (AvgIpc) is 2.46. The van der Waals surface area contributed by atoms with Gasteiger partial charge in [-0.05, 0) is 42.9 Å². The summed E-state index contributed by atoms with van der Waals surface area (Å²) in [6.45, 7) is 2.20. The number of hydrogen-bond donors (Lipinski definition) is 1. The Labute approximate surface area is 97.1 Å². The van der Waals surface area contributed by atoms with Gasteiger partial charge in [0.2, 0.25) is 5.91 Å². The summed E-state index contributed by atoms with van der Waals surface area (Å²) in [4.78, 5) is 11.5. The van der Waals surface area contributed by atoms with Gasteiger partial charge in [0.25, 0.3) is 0 Å². The predicted octanol–water partition coefficient (Wildman–Crippen LogP) is 3.30. The largest absolute Gasteiger partial charge is 0.326 e. The van der Waals surface area contributed by atoms with Crippen LogP contribution in [0.4, 0.5) is 5.69 Å². The zero-order valence-electron chi connectivity index (χ0n) is 9.88. The minimum atomic E-state index is 0.159. The van der Waals surface area contributed by atoms with Crippen LogP contribution in [0.1, 0.15) is 43.7 Å². The fraction of sp³-hybridized carbons (Fsp3) is 0.500. The third-order valence-corrected chi connectivity index (χ3v) is 3.12. The maximum absolute atomic E-state index is 11.5. The van der Waals surface area contributed by atoms with Gasteiger partial charge in [0.15, 0.2) is 0 Å². The van der Waals surface area contributed by atoms with Crippen molar-refractivity contribution in [1.82, 2.24) is 0 Å². The van der Waals surface area contributed by atoms with E-state index >= 15 is 0 Å². The van der Waals surface area contributed by atoms with Gasteiger partial charge in [-0.3, -0.25) is 4.79 Å².